The van der Waals surface area contributed by atoms with Crippen LogP contribution in [0.1, 0.15) is 11.8 Å². The Hall–Kier alpha value is -0.970. The standard InChI is InChI=1S/C10H11IN2O5/c11-2-1-6-3-13(10(16)12-9(6)15)7-5-17-8(4-14)18-7/h1-3,7-8,14H,4-5H2,(H,12,15,16)/b2-1+/t7-,8+/m1/s1. The Morgan fingerprint density at radius 3 is 3.00 bits per heavy atom. The number of H-pyrrole nitrogens is 1. The van der Waals surface area contributed by atoms with Gasteiger partial charge in [-0.3, -0.25) is 14.3 Å². The quantitative estimate of drug-likeness (QED) is 0.724. The number of hydrogen-bond acceptors (Lipinski definition) is 5. The van der Waals surface area contributed by atoms with Crippen LogP contribution >= 0.6 is 22.6 Å². The second kappa shape index (κ2) is 5.78. The molecule has 2 atom stereocenters. The zero-order valence-corrected chi connectivity index (χ0v) is 11.4. The maximum Gasteiger partial charge on any atom is 0.330 e. The van der Waals surface area contributed by atoms with Crippen molar-refractivity contribution in [2.45, 2.75) is 12.5 Å². The van der Waals surface area contributed by atoms with Gasteiger partial charge in [0.2, 0.25) is 0 Å². The molecular weight excluding hydrogens is 355 g/mol. The van der Waals surface area contributed by atoms with Crippen LogP contribution in [0.5, 0.6) is 0 Å². The number of ether oxygens (including phenoxy) is 2. The molecule has 1 aromatic rings. The number of aromatic nitrogens is 2. The normalized spacial score (nSPS) is 23.9. The van der Waals surface area contributed by atoms with Crippen molar-refractivity contribution >= 4 is 28.7 Å². The van der Waals surface area contributed by atoms with Gasteiger partial charge in [-0.05, 0) is 10.2 Å². The number of halogens is 1. The smallest absolute Gasteiger partial charge is 0.330 e. The number of aliphatic hydroxyl groups excluding tert-OH is 1. The summed E-state index contributed by atoms with van der Waals surface area (Å²) in [6.07, 6.45) is 1.60. The number of aromatic amines is 1. The van der Waals surface area contributed by atoms with Crippen LogP contribution in [0.25, 0.3) is 6.08 Å². The molecule has 1 aliphatic heterocycles. The van der Waals surface area contributed by atoms with Crippen molar-refractivity contribution in [1.29, 1.82) is 0 Å². The Bertz CT molecular complexity index is 564. The first-order chi connectivity index (χ1) is 8.65. The van der Waals surface area contributed by atoms with Gasteiger partial charge in [-0.1, -0.05) is 22.6 Å². The van der Waals surface area contributed by atoms with Crippen molar-refractivity contribution in [3.8, 4) is 0 Å². The fourth-order valence-electron chi connectivity index (χ4n) is 1.59. The molecule has 0 unspecified atom stereocenters. The minimum Gasteiger partial charge on any atom is -0.391 e. The molecule has 7 nitrogen and oxygen atoms in total. The van der Waals surface area contributed by atoms with Gasteiger partial charge >= 0.3 is 5.69 Å². The zero-order valence-electron chi connectivity index (χ0n) is 9.21. The summed E-state index contributed by atoms with van der Waals surface area (Å²) in [6, 6.07) is 0. The first kappa shape index (κ1) is 13.5. The molecule has 0 spiro atoms. The summed E-state index contributed by atoms with van der Waals surface area (Å²) in [5, 5.41) is 8.88. The van der Waals surface area contributed by atoms with Crippen LogP contribution in [0.2, 0.25) is 0 Å². The highest BCUT2D eigenvalue weighted by atomic mass is 127. The monoisotopic (exact) mass is 366 g/mol. The molecule has 0 bridgehead atoms. The molecule has 2 heterocycles. The van der Waals surface area contributed by atoms with Crippen LogP contribution in [0, 0.1) is 0 Å². The molecule has 0 amide bonds. The van der Waals surface area contributed by atoms with Crippen molar-refractivity contribution in [2.24, 2.45) is 0 Å². The molecule has 1 saturated heterocycles. The van der Waals surface area contributed by atoms with E-state index in [1.165, 1.54) is 10.8 Å². The first-order valence-corrected chi connectivity index (χ1v) is 6.40. The van der Waals surface area contributed by atoms with E-state index in [4.69, 9.17) is 14.6 Å². The van der Waals surface area contributed by atoms with E-state index in [9.17, 15) is 9.59 Å². The summed E-state index contributed by atoms with van der Waals surface area (Å²) in [5.41, 5.74) is -0.681. The summed E-state index contributed by atoms with van der Waals surface area (Å²) >= 11 is 1.98. The van der Waals surface area contributed by atoms with Crippen molar-refractivity contribution < 1.29 is 14.6 Å². The first-order valence-electron chi connectivity index (χ1n) is 5.16. The van der Waals surface area contributed by atoms with E-state index in [2.05, 4.69) is 4.98 Å². The predicted octanol–water partition coefficient (Wildman–Crippen LogP) is -0.194. The number of hydrogen-bond donors (Lipinski definition) is 2. The van der Waals surface area contributed by atoms with E-state index >= 15 is 0 Å². The van der Waals surface area contributed by atoms with Crippen molar-refractivity contribution in [2.75, 3.05) is 13.2 Å². The molecule has 2 rings (SSSR count). The highest BCUT2D eigenvalue weighted by Gasteiger charge is 2.27. The van der Waals surface area contributed by atoms with Crippen LogP contribution in [-0.2, 0) is 9.47 Å². The topological polar surface area (TPSA) is 93.6 Å². The Morgan fingerprint density at radius 2 is 2.39 bits per heavy atom. The van der Waals surface area contributed by atoms with Crippen LogP contribution in [0.3, 0.4) is 0 Å². The van der Waals surface area contributed by atoms with E-state index in [1.54, 1.807) is 10.2 Å². The third-order valence-corrected chi connectivity index (χ3v) is 2.79. The largest absolute Gasteiger partial charge is 0.391 e. The van der Waals surface area contributed by atoms with Gasteiger partial charge in [0.15, 0.2) is 12.5 Å². The molecule has 1 fully saturated rings. The summed E-state index contributed by atoms with van der Waals surface area (Å²) in [4.78, 5) is 25.3. The number of nitrogens with zero attached hydrogens (tertiary/aromatic N) is 1. The number of nitrogens with one attached hydrogen (secondary N) is 1. The maximum absolute atomic E-state index is 11.7. The Balaban J connectivity index is 2.36. The second-order valence-corrected chi connectivity index (χ2v) is 4.30. The van der Waals surface area contributed by atoms with E-state index in [-0.39, 0.29) is 13.2 Å². The molecule has 2 N–H and O–H groups in total. The SMILES string of the molecule is O=c1[nH]c(=O)n([C@H]2CO[C@H](CO)O2)cc1/C=C/I. The van der Waals surface area contributed by atoms with Crippen molar-refractivity contribution in [3.05, 3.63) is 36.7 Å². The minimum atomic E-state index is -0.739. The van der Waals surface area contributed by atoms with Gasteiger partial charge in [0.25, 0.3) is 5.56 Å². The van der Waals surface area contributed by atoms with Crippen molar-refractivity contribution in [3.63, 3.8) is 0 Å². The van der Waals surface area contributed by atoms with Crippen LogP contribution < -0.4 is 11.2 Å². The summed E-state index contributed by atoms with van der Waals surface area (Å²) < 4.78 is 13.3. The van der Waals surface area contributed by atoms with Gasteiger partial charge in [-0.25, -0.2) is 4.79 Å². The lowest BCUT2D eigenvalue weighted by Gasteiger charge is -2.12. The molecular formula is C10H11IN2O5. The van der Waals surface area contributed by atoms with E-state index < -0.39 is 23.8 Å². The number of aliphatic hydroxyl groups is 1. The minimum absolute atomic E-state index is 0.143. The van der Waals surface area contributed by atoms with Crippen LogP contribution in [0.4, 0.5) is 0 Å². The highest BCUT2D eigenvalue weighted by molar-refractivity contribution is 14.1. The van der Waals surface area contributed by atoms with Gasteiger partial charge < -0.3 is 14.6 Å². The fraction of sp³-hybridized carbons (Fsp3) is 0.400. The van der Waals surface area contributed by atoms with E-state index in [0.717, 1.165) is 0 Å². The molecule has 98 valence electrons. The van der Waals surface area contributed by atoms with Gasteiger partial charge in [0.1, 0.15) is 0 Å². The Labute approximate surface area is 115 Å². The summed E-state index contributed by atoms with van der Waals surface area (Å²) in [7, 11) is 0. The van der Waals surface area contributed by atoms with Gasteiger partial charge in [0.05, 0.1) is 18.8 Å². The third kappa shape index (κ3) is 2.71. The molecule has 0 aromatic carbocycles. The average Bonchev–Trinajstić information content (AvgIpc) is 2.81. The third-order valence-electron chi connectivity index (χ3n) is 2.43. The molecule has 1 aromatic heterocycles. The van der Waals surface area contributed by atoms with Gasteiger partial charge in [0, 0.05) is 6.20 Å². The van der Waals surface area contributed by atoms with Gasteiger partial charge in [-0.2, -0.15) is 0 Å². The highest BCUT2D eigenvalue weighted by Crippen LogP contribution is 2.18. The molecule has 8 heteroatoms. The molecule has 0 radical (unpaired) electrons. The lowest BCUT2D eigenvalue weighted by atomic mass is 10.3. The number of rotatable bonds is 3. The second-order valence-electron chi connectivity index (χ2n) is 3.58. The van der Waals surface area contributed by atoms with E-state index in [0.29, 0.717) is 5.56 Å². The van der Waals surface area contributed by atoms with Crippen LogP contribution in [0.15, 0.2) is 19.9 Å². The lowest BCUT2D eigenvalue weighted by molar-refractivity contribution is -0.0993. The molecule has 18 heavy (non-hydrogen) atoms. The van der Waals surface area contributed by atoms with E-state index in [1.807, 2.05) is 22.6 Å². The average molecular weight is 366 g/mol. The van der Waals surface area contributed by atoms with Gasteiger partial charge in [-0.15, -0.1) is 0 Å². The molecule has 0 aliphatic carbocycles. The maximum atomic E-state index is 11.7. The lowest BCUT2D eigenvalue weighted by Crippen LogP contribution is -2.34. The molecule has 0 saturated carbocycles. The Morgan fingerprint density at radius 1 is 1.61 bits per heavy atom. The van der Waals surface area contributed by atoms with Crippen LogP contribution in [-0.4, -0.2) is 34.2 Å². The molecule has 1 aliphatic rings. The zero-order chi connectivity index (χ0) is 13.1. The summed E-state index contributed by atoms with van der Waals surface area (Å²) in [5.74, 6) is 0. The summed E-state index contributed by atoms with van der Waals surface area (Å²) in [6.45, 7) is -0.139. The van der Waals surface area contributed by atoms with Crippen molar-refractivity contribution in [1.82, 2.24) is 9.55 Å². The fourth-order valence-corrected chi connectivity index (χ4v) is 1.97. The Kier molecular flexibility index (Phi) is 4.32. The predicted molar refractivity (Wildman–Crippen MR) is 71.3 cm³/mol.